The van der Waals surface area contributed by atoms with Crippen LogP contribution in [0.3, 0.4) is 0 Å². The number of amides is 1. The van der Waals surface area contributed by atoms with Crippen molar-refractivity contribution < 1.29 is 14.3 Å². The summed E-state index contributed by atoms with van der Waals surface area (Å²) < 4.78 is 6.09. The van der Waals surface area contributed by atoms with E-state index < -0.39 is 0 Å². The number of nitrogens with one attached hydrogen (secondary N) is 1. The summed E-state index contributed by atoms with van der Waals surface area (Å²) in [5, 5.41) is 4.22. The Morgan fingerprint density at radius 3 is 2.65 bits per heavy atom. The molecule has 3 rings (SSSR count). The van der Waals surface area contributed by atoms with E-state index >= 15 is 0 Å². The first-order chi connectivity index (χ1) is 12.5. The van der Waals surface area contributed by atoms with Crippen LogP contribution in [0.5, 0.6) is 0 Å². The Bertz CT molecular complexity index is 791. The molecule has 1 fully saturated rings. The highest BCUT2D eigenvalue weighted by Crippen LogP contribution is 2.29. The van der Waals surface area contributed by atoms with Crippen molar-refractivity contribution >= 4 is 39.0 Å². The molecule has 1 amide bonds. The highest BCUT2D eigenvalue weighted by Gasteiger charge is 2.28. The van der Waals surface area contributed by atoms with Gasteiger partial charge in [-0.05, 0) is 69.7 Å². The van der Waals surface area contributed by atoms with Crippen molar-refractivity contribution in [1.29, 1.82) is 0 Å². The molecular formula is C20H26N2O3S. The molecule has 1 aliphatic heterocycles. The van der Waals surface area contributed by atoms with E-state index in [0.717, 1.165) is 28.6 Å². The van der Waals surface area contributed by atoms with Gasteiger partial charge >= 0.3 is 5.97 Å². The van der Waals surface area contributed by atoms with Gasteiger partial charge in [0.1, 0.15) is 4.88 Å². The van der Waals surface area contributed by atoms with Gasteiger partial charge in [0.05, 0.1) is 13.2 Å². The fraction of sp³-hybridized carbons (Fsp3) is 0.500. The Morgan fingerprint density at radius 2 is 1.96 bits per heavy atom. The third-order valence-corrected chi connectivity index (χ3v) is 6.01. The van der Waals surface area contributed by atoms with E-state index in [-0.39, 0.29) is 18.4 Å². The molecule has 2 atom stereocenters. The van der Waals surface area contributed by atoms with Crippen LogP contribution in [-0.2, 0) is 9.53 Å². The van der Waals surface area contributed by atoms with E-state index in [0.29, 0.717) is 23.6 Å². The molecule has 1 aromatic heterocycles. The predicted octanol–water partition coefficient (Wildman–Crippen LogP) is 4.28. The summed E-state index contributed by atoms with van der Waals surface area (Å²) in [6.07, 6.45) is 3.35. The first kappa shape index (κ1) is 18.7. The van der Waals surface area contributed by atoms with Crippen molar-refractivity contribution in [3.63, 3.8) is 0 Å². The Balaban J connectivity index is 1.67. The lowest BCUT2D eigenvalue weighted by Gasteiger charge is -2.39. The molecule has 140 valence electrons. The van der Waals surface area contributed by atoms with Crippen molar-refractivity contribution in [3.05, 3.63) is 29.1 Å². The Hall–Kier alpha value is -2.08. The zero-order chi connectivity index (χ0) is 18.7. The fourth-order valence-corrected chi connectivity index (χ4v) is 4.57. The lowest BCUT2D eigenvalue weighted by molar-refractivity contribution is -0.135. The monoisotopic (exact) mass is 374 g/mol. The lowest BCUT2D eigenvalue weighted by Crippen LogP contribution is -2.49. The Labute approximate surface area is 158 Å². The molecule has 0 saturated carbocycles. The number of rotatable bonds is 5. The highest BCUT2D eigenvalue weighted by atomic mass is 32.1. The van der Waals surface area contributed by atoms with Gasteiger partial charge < -0.3 is 15.0 Å². The minimum atomic E-state index is -0.286. The molecule has 0 spiro atoms. The van der Waals surface area contributed by atoms with E-state index in [1.165, 1.54) is 17.8 Å². The largest absolute Gasteiger partial charge is 0.462 e. The Kier molecular flexibility index (Phi) is 5.81. The van der Waals surface area contributed by atoms with Gasteiger partial charge in [-0.3, -0.25) is 4.79 Å². The number of hydrogen-bond donors (Lipinski definition) is 1. The van der Waals surface area contributed by atoms with Crippen LogP contribution in [0.4, 0.5) is 5.69 Å². The minimum absolute atomic E-state index is 0.141. The maximum Gasteiger partial charge on any atom is 0.348 e. The van der Waals surface area contributed by atoms with Gasteiger partial charge in [0, 0.05) is 22.5 Å². The van der Waals surface area contributed by atoms with Crippen LogP contribution >= 0.6 is 11.3 Å². The van der Waals surface area contributed by atoms with Crippen molar-refractivity contribution in [2.45, 2.75) is 52.1 Å². The maximum absolute atomic E-state index is 12.6. The second kappa shape index (κ2) is 8.08. The number of thiophene rings is 1. The Morgan fingerprint density at radius 1 is 1.23 bits per heavy atom. The summed E-state index contributed by atoms with van der Waals surface area (Å²) in [7, 11) is 0. The minimum Gasteiger partial charge on any atom is -0.462 e. The number of piperidine rings is 1. The lowest BCUT2D eigenvalue weighted by atomic mass is 9.97. The summed E-state index contributed by atoms with van der Waals surface area (Å²) in [6, 6.07) is 8.36. The van der Waals surface area contributed by atoms with Crippen LogP contribution in [0, 0.1) is 0 Å². The quantitative estimate of drug-likeness (QED) is 0.794. The molecule has 0 unspecified atom stereocenters. The number of fused-ring (bicyclic) bond motifs is 1. The van der Waals surface area contributed by atoms with Crippen LogP contribution in [0.2, 0.25) is 0 Å². The number of nitrogens with zero attached hydrogens (tertiary/aromatic N) is 1. The van der Waals surface area contributed by atoms with Crippen LogP contribution in [0.1, 0.15) is 49.7 Å². The van der Waals surface area contributed by atoms with Gasteiger partial charge in [0.15, 0.2) is 0 Å². The molecular weight excluding hydrogens is 348 g/mol. The van der Waals surface area contributed by atoms with E-state index in [2.05, 4.69) is 19.2 Å². The van der Waals surface area contributed by atoms with Gasteiger partial charge in [-0.2, -0.15) is 0 Å². The van der Waals surface area contributed by atoms with Gasteiger partial charge in [-0.25, -0.2) is 4.79 Å². The summed E-state index contributed by atoms with van der Waals surface area (Å²) in [4.78, 5) is 27.1. The molecule has 26 heavy (non-hydrogen) atoms. The number of carbonyl (C=O) groups is 2. The SMILES string of the molecule is CCOC(=O)c1cc2cc(NCC(=O)N3[C@H](C)CCC[C@H]3C)ccc2s1. The summed E-state index contributed by atoms with van der Waals surface area (Å²) in [6.45, 7) is 6.71. The first-order valence-electron chi connectivity index (χ1n) is 9.25. The summed E-state index contributed by atoms with van der Waals surface area (Å²) in [5.41, 5.74) is 0.886. The topological polar surface area (TPSA) is 58.6 Å². The maximum atomic E-state index is 12.6. The smallest absolute Gasteiger partial charge is 0.348 e. The molecule has 2 heterocycles. The normalized spacial score (nSPS) is 20.2. The van der Waals surface area contributed by atoms with Crippen molar-refractivity contribution in [1.82, 2.24) is 4.90 Å². The number of carbonyl (C=O) groups excluding carboxylic acids is 2. The molecule has 1 saturated heterocycles. The first-order valence-corrected chi connectivity index (χ1v) is 10.1. The molecule has 0 bridgehead atoms. The fourth-order valence-electron chi connectivity index (χ4n) is 3.64. The number of benzene rings is 1. The van der Waals surface area contributed by atoms with Crippen molar-refractivity contribution in [2.75, 3.05) is 18.5 Å². The zero-order valence-electron chi connectivity index (χ0n) is 15.6. The molecule has 1 aromatic carbocycles. The third-order valence-electron chi connectivity index (χ3n) is 4.92. The predicted molar refractivity (Wildman–Crippen MR) is 106 cm³/mol. The van der Waals surface area contributed by atoms with Gasteiger partial charge in [-0.15, -0.1) is 11.3 Å². The summed E-state index contributed by atoms with van der Waals surface area (Å²) in [5.74, 6) is -0.145. The van der Waals surface area contributed by atoms with Crippen LogP contribution in [0.15, 0.2) is 24.3 Å². The zero-order valence-corrected chi connectivity index (χ0v) is 16.4. The molecule has 0 aliphatic carbocycles. The third kappa shape index (κ3) is 4.01. The summed E-state index contributed by atoms with van der Waals surface area (Å²) >= 11 is 1.42. The van der Waals surface area contributed by atoms with Crippen molar-refractivity contribution in [2.24, 2.45) is 0 Å². The molecule has 1 aliphatic rings. The molecule has 0 radical (unpaired) electrons. The highest BCUT2D eigenvalue weighted by molar-refractivity contribution is 7.20. The van der Waals surface area contributed by atoms with E-state index in [1.54, 1.807) is 6.92 Å². The van der Waals surface area contributed by atoms with Crippen LogP contribution in [-0.4, -0.2) is 42.0 Å². The number of ether oxygens (including phenoxy) is 1. The van der Waals surface area contributed by atoms with Crippen LogP contribution in [0.25, 0.3) is 10.1 Å². The van der Waals surface area contributed by atoms with Gasteiger partial charge in [-0.1, -0.05) is 0 Å². The molecule has 6 heteroatoms. The average molecular weight is 375 g/mol. The second-order valence-electron chi connectivity index (χ2n) is 6.87. The number of likely N-dealkylation sites (tertiary alicyclic amines) is 1. The standard InChI is InChI=1S/C20H26N2O3S/c1-4-25-20(24)18-11-15-10-16(8-9-17(15)26-18)21-12-19(23)22-13(2)6-5-7-14(22)3/h8-11,13-14,21H,4-7,12H2,1-3H3/t13-,14-/m1/s1. The van der Waals surface area contributed by atoms with E-state index in [4.69, 9.17) is 4.74 Å². The van der Waals surface area contributed by atoms with E-state index in [1.807, 2.05) is 29.2 Å². The molecule has 5 nitrogen and oxygen atoms in total. The number of hydrogen-bond acceptors (Lipinski definition) is 5. The molecule has 2 aromatic rings. The van der Waals surface area contributed by atoms with Crippen molar-refractivity contribution in [3.8, 4) is 0 Å². The average Bonchev–Trinajstić information content (AvgIpc) is 3.03. The van der Waals surface area contributed by atoms with Crippen LogP contribution < -0.4 is 5.32 Å². The van der Waals surface area contributed by atoms with Gasteiger partial charge in [0.25, 0.3) is 0 Å². The second-order valence-corrected chi connectivity index (χ2v) is 7.95. The molecule has 1 N–H and O–H groups in total. The number of esters is 1. The number of anilines is 1. The van der Waals surface area contributed by atoms with Gasteiger partial charge in [0.2, 0.25) is 5.91 Å². The van der Waals surface area contributed by atoms with E-state index in [9.17, 15) is 9.59 Å².